The highest BCUT2D eigenvalue weighted by molar-refractivity contribution is 7.17. The maximum Gasteiger partial charge on any atom is 0.187 e. The van der Waals surface area contributed by atoms with Crippen molar-refractivity contribution in [3.05, 3.63) is 10.0 Å². The summed E-state index contributed by atoms with van der Waals surface area (Å²) in [6, 6.07) is 0. The Balaban J connectivity index is 2.82. The molecule has 0 amide bonds. The van der Waals surface area contributed by atoms with Crippen LogP contribution in [0, 0.1) is 5.92 Å². The van der Waals surface area contributed by atoms with E-state index in [-0.39, 0.29) is 0 Å². The Bertz CT molecular complexity index is 393. The lowest BCUT2D eigenvalue weighted by atomic mass is 10.2. The molecule has 1 heterocycles. The molecule has 6 heteroatoms. The number of thiazole rings is 1. The molecule has 1 rings (SSSR count). The molecule has 0 unspecified atom stereocenters. The van der Waals surface area contributed by atoms with Crippen molar-refractivity contribution in [3.63, 3.8) is 0 Å². The van der Waals surface area contributed by atoms with Gasteiger partial charge in [-0.1, -0.05) is 36.8 Å². The van der Waals surface area contributed by atoms with Gasteiger partial charge in [-0.3, -0.25) is 4.79 Å². The molecule has 102 valence electrons. The summed E-state index contributed by atoms with van der Waals surface area (Å²) in [4.78, 5) is 19.9. The second kappa shape index (κ2) is 7.07. The third kappa shape index (κ3) is 4.55. The van der Waals surface area contributed by atoms with E-state index in [0.717, 1.165) is 31.1 Å². The summed E-state index contributed by atoms with van der Waals surface area (Å²) in [7, 11) is 4.08. The van der Waals surface area contributed by atoms with Crippen LogP contribution in [0.3, 0.4) is 0 Å². The largest absolute Gasteiger partial charge is 0.346 e. The van der Waals surface area contributed by atoms with Gasteiger partial charge in [0.25, 0.3) is 0 Å². The summed E-state index contributed by atoms with van der Waals surface area (Å²) in [6.45, 7) is 7.07. The minimum absolute atomic E-state index is 0.309. The molecule has 0 fully saturated rings. The van der Waals surface area contributed by atoms with E-state index in [1.165, 1.54) is 11.3 Å². The van der Waals surface area contributed by atoms with Crippen molar-refractivity contribution >= 4 is 34.4 Å². The van der Waals surface area contributed by atoms with Crippen molar-refractivity contribution < 1.29 is 4.79 Å². The monoisotopic (exact) mass is 289 g/mol. The van der Waals surface area contributed by atoms with Crippen molar-refractivity contribution in [1.82, 2.24) is 9.88 Å². The number of carbonyl (C=O) groups is 1. The maximum absolute atomic E-state index is 10.8. The Kier molecular flexibility index (Phi) is 6.05. The van der Waals surface area contributed by atoms with Crippen molar-refractivity contribution in [2.45, 2.75) is 13.8 Å². The van der Waals surface area contributed by atoms with Gasteiger partial charge in [-0.15, -0.1) is 0 Å². The number of hydrogen-bond acceptors (Lipinski definition) is 5. The van der Waals surface area contributed by atoms with Crippen LogP contribution in [0.5, 0.6) is 0 Å². The minimum Gasteiger partial charge on any atom is -0.346 e. The number of nitrogens with zero attached hydrogens (tertiary/aromatic N) is 3. The molecule has 0 aliphatic carbocycles. The van der Waals surface area contributed by atoms with E-state index in [2.05, 4.69) is 28.6 Å². The van der Waals surface area contributed by atoms with Crippen molar-refractivity contribution in [2.24, 2.45) is 5.92 Å². The molecule has 18 heavy (non-hydrogen) atoms. The van der Waals surface area contributed by atoms with Crippen LogP contribution in [-0.2, 0) is 0 Å². The fourth-order valence-corrected chi connectivity index (χ4v) is 2.63. The fraction of sp³-hybridized carbons (Fsp3) is 0.667. The normalized spacial score (nSPS) is 11.3. The van der Waals surface area contributed by atoms with Gasteiger partial charge in [0, 0.05) is 19.6 Å². The van der Waals surface area contributed by atoms with Crippen LogP contribution in [0.4, 0.5) is 5.13 Å². The number of aromatic nitrogens is 1. The highest BCUT2D eigenvalue weighted by atomic mass is 35.5. The van der Waals surface area contributed by atoms with E-state index in [9.17, 15) is 4.79 Å². The zero-order valence-corrected chi connectivity index (χ0v) is 12.9. The zero-order chi connectivity index (χ0) is 13.7. The summed E-state index contributed by atoms with van der Waals surface area (Å²) < 4.78 is 0. The second-order valence-electron chi connectivity index (χ2n) is 4.91. The van der Waals surface area contributed by atoms with Gasteiger partial charge in [-0.05, 0) is 20.0 Å². The first-order chi connectivity index (χ1) is 8.43. The number of hydrogen-bond donors (Lipinski definition) is 0. The van der Waals surface area contributed by atoms with Crippen LogP contribution in [0.1, 0.15) is 23.5 Å². The highest BCUT2D eigenvalue weighted by Crippen LogP contribution is 2.28. The molecule has 0 atom stereocenters. The highest BCUT2D eigenvalue weighted by Gasteiger charge is 2.16. The number of carbonyl (C=O) groups excluding carboxylic acids is 1. The molecule has 0 N–H and O–H groups in total. The molecule has 4 nitrogen and oxygen atoms in total. The van der Waals surface area contributed by atoms with Crippen LogP contribution in [0.25, 0.3) is 0 Å². The lowest BCUT2D eigenvalue weighted by Gasteiger charge is -2.25. The average molecular weight is 290 g/mol. The molecule has 0 bridgehead atoms. The number of aldehydes is 1. The summed E-state index contributed by atoms with van der Waals surface area (Å²) in [5.41, 5.74) is 0. The Morgan fingerprint density at radius 3 is 2.50 bits per heavy atom. The molecule has 0 saturated heterocycles. The van der Waals surface area contributed by atoms with Crippen LogP contribution >= 0.6 is 22.9 Å². The van der Waals surface area contributed by atoms with E-state index < -0.39 is 0 Å². The Labute approximate surface area is 118 Å². The third-order valence-electron chi connectivity index (χ3n) is 2.38. The van der Waals surface area contributed by atoms with E-state index in [0.29, 0.717) is 15.9 Å². The third-order valence-corrected chi connectivity index (χ3v) is 3.82. The van der Waals surface area contributed by atoms with Crippen LogP contribution in [0.2, 0.25) is 5.15 Å². The maximum atomic E-state index is 10.8. The number of rotatable bonds is 7. The lowest BCUT2D eigenvalue weighted by molar-refractivity contribution is 0.112. The van der Waals surface area contributed by atoms with E-state index in [1.807, 2.05) is 14.1 Å². The number of anilines is 1. The molecule has 0 aromatic carbocycles. The van der Waals surface area contributed by atoms with Gasteiger partial charge in [-0.2, -0.15) is 0 Å². The first-order valence-corrected chi connectivity index (χ1v) is 7.14. The molecule has 0 radical (unpaired) electrons. The van der Waals surface area contributed by atoms with Gasteiger partial charge in [-0.25, -0.2) is 4.98 Å². The first kappa shape index (κ1) is 15.4. The summed E-state index contributed by atoms with van der Waals surface area (Å²) in [5.74, 6) is 0.537. The van der Waals surface area contributed by atoms with Crippen LogP contribution < -0.4 is 4.90 Å². The zero-order valence-electron chi connectivity index (χ0n) is 11.3. The standard InChI is InChI=1S/C12H20ClN3OS/c1-9(2)7-16(6-5-15(3)4)12-14-11(13)10(8-17)18-12/h8-9H,5-7H2,1-4H3. The predicted molar refractivity (Wildman–Crippen MR) is 78.1 cm³/mol. The molecule has 0 saturated carbocycles. The molecule has 1 aromatic rings. The van der Waals surface area contributed by atoms with Crippen molar-refractivity contribution in [3.8, 4) is 0 Å². The first-order valence-electron chi connectivity index (χ1n) is 5.95. The second-order valence-corrected chi connectivity index (χ2v) is 6.28. The minimum atomic E-state index is 0.309. The SMILES string of the molecule is CC(C)CN(CCN(C)C)c1nc(Cl)c(C=O)s1. The summed E-state index contributed by atoms with van der Waals surface area (Å²) in [6.07, 6.45) is 0.767. The Morgan fingerprint density at radius 2 is 2.06 bits per heavy atom. The van der Waals surface area contributed by atoms with Gasteiger partial charge >= 0.3 is 0 Å². The lowest BCUT2D eigenvalue weighted by Crippen LogP contribution is -2.34. The van der Waals surface area contributed by atoms with E-state index >= 15 is 0 Å². The smallest absolute Gasteiger partial charge is 0.187 e. The van der Waals surface area contributed by atoms with Crippen LogP contribution in [0.15, 0.2) is 0 Å². The predicted octanol–water partition coefficient (Wildman–Crippen LogP) is 2.63. The molecular weight excluding hydrogens is 270 g/mol. The van der Waals surface area contributed by atoms with E-state index in [1.54, 1.807) is 0 Å². The Hall–Kier alpha value is -0.650. The summed E-state index contributed by atoms with van der Waals surface area (Å²) >= 11 is 7.28. The number of halogens is 1. The summed E-state index contributed by atoms with van der Waals surface area (Å²) in [5, 5.41) is 1.14. The van der Waals surface area contributed by atoms with Crippen LogP contribution in [-0.4, -0.2) is 49.9 Å². The molecular formula is C12H20ClN3OS. The Morgan fingerprint density at radius 1 is 1.39 bits per heavy atom. The van der Waals surface area contributed by atoms with Gasteiger partial charge in [0.15, 0.2) is 16.6 Å². The molecule has 0 spiro atoms. The van der Waals surface area contributed by atoms with Crippen molar-refractivity contribution in [1.29, 1.82) is 0 Å². The molecule has 0 aliphatic heterocycles. The fourth-order valence-electron chi connectivity index (χ4n) is 1.54. The average Bonchev–Trinajstić information content (AvgIpc) is 2.65. The molecule has 1 aromatic heterocycles. The molecule has 0 aliphatic rings. The number of likely N-dealkylation sites (N-methyl/N-ethyl adjacent to an activating group) is 1. The van der Waals surface area contributed by atoms with E-state index in [4.69, 9.17) is 11.6 Å². The van der Waals surface area contributed by atoms with Gasteiger partial charge < -0.3 is 9.80 Å². The van der Waals surface area contributed by atoms with Crippen molar-refractivity contribution in [2.75, 3.05) is 38.6 Å². The van der Waals surface area contributed by atoms with Gasteiger partial charge in [0.2, 0.25) is 0 Å². The topological polar surface area (TPSA) is 36.4 Å². The van der Waals surface area contributed by atoms with Gasteiger partial charge in [0.05, 0.1) is 0 Å². The quantitative estimate of drug-likeness (QED) is 0.723. The van der Waals surface area contributed by atoms with Gasteiger partial charge in [0.1, 0.15) is 4.88 Å².